The number of aromatic nitrogens is 5. The summed E-state index contributed by atoms with van der Waals surface area (Å²) in [6, 6.07) is 12.4. The van der Waals surface area contributed by atoms with Crippen molar-refractivity contribution in [3.8, 4) is 23.3 Å². The molecule has 0 saturated heterocycles. The van der Waals surface area contributed by atoms with Crippen LogP contribution >= 0.6 is 11.6 Å². The van der Waals surface area contributed by atoms with Gasteiger partial charge < -0.3 is 9.47 Å². The maximum atomic E-state index is 11.5. The van der Waals surface area contributed by atoms with Crippen molar-refractivity contribution in [2.24, 2.45) is 0 Å². The summed E-state index contributed by atoms with van der Waals surface area (Å²) in [6.45, 7) is 2.55. The van der Waals surface area contributed by atoms with Crippen molar-refractivity contribution in [3.63, 3.8) is 0 Å². The molecule has 4 aromatic rings. The van der Waals surface area contributed by atoms with Crippen LogP contribution in [0.3, 0.4) is 0 Å². The first-order valence-electron chi connectivity index (χ1n) is 10.6. The van der Waals surface area contributed by atoms with Crippen LogP contribution in [0.4, 0.5) is 0 Å². The molecule has 0 atom stereocenters. The Balaban J connectivity index is 1.55. The fourth-order valence-corrected chi connectivity index (χ4v) is 4.18. The maximum Gasteiger partial charge on any atom is 0.155 e. The molecule has 0 aliphatic rings. The van der Waals surface area contributed by atoms with Crippen LogP contribution in [0.5, 0.6) is 11.5 Å². The standard InChI is InChI=1S/C23H21ClN6O4S/c1-3-8-33-23-15(12-25)9-17(10-19(23)24)30-21-5-4-18(11-20(21)28-29-30)34-13-16-6-7-26-22(27-16)14-35(2,31)32/h4-7,9-11H,3,8,13-14H2,1-2H3. The van der Waals surface area contributed by atoms with Gasteiger partial charge in [0.15, 0.2) is 15.6 Å². The number of hydrogen-bond donors (Lipinski definition) is 0. The normalized spacial score (nSPS) is 11.4. The van der Waals surface area contributed by atoms with E-state index in [0.29, 0.717) is 51.1 Å². The monoisotopic (exact) mass is 512 g/mol. The Morgan fingerprint density at radius 3 is 2.74 bits per heavy atom. The van der Waals surface area contributed by atoms with Crippen LogP contribution in [0.2, 0.25) is 5.02 Å². The van der Waals surface area contributed by atoms with Crippen molar-refractivity contribution < 1.29 is 17.9 Å². The van der Waals surface area contributed by atoms with E-state index in [0.717, 1.165) is 12.7 Å². The summed E-state index contributed by atoms with van der Waals surface area (Å²) in [5.41, 5.74) is 2.70. The average molecular weight is 513 g/mol. The summed E-state index contributed by atoms with van der Waals surface area (Å²) < 4.78 is 36.0. The van der Waals surface area contributed by atoms with Crippen LogP contribution in [0.1, 0.15) is 30.4 Å². The van der Waals surface area contributed by atoms with Gasteiger partial charge in [0.1, 0.15) is 35.5 Å². The zero-order valence-corrected chi connectivity index (χ0v) is 20.5. The molecule has 10 nitrogen and oxygen atoms in total. The minimum absolute atomic E-state index is 0.124. The minimum Gasteiger partial charge on any atom is -0.491 e. The number of benzene rings is 2. The molecule has 0 saturated carbocycles. The largest absolute Gasteiger partial charge is 0.491 e. The lowest BCUT2D eigenvalue weighted by atomic mass is 10.2. The molecule has 12 heteroatoms. The molecule has 0 aliphatic carbocycles. The van der Waals surface area contributed by atoms with Gasteiger partial charge in [0.2, 0.25) is 0 Å². The summed E-state index contributed by atoms with van der Waals surface area (Å²) in [6.07, 6.45) is 3.42. The molecule has 35 heavy (non-hydrogen) atoms. The first-order valence-corrected chi connectivity index (χ1v) is 13.0. The van der Waals surface area contributed by atoms with E-state index < -0.39 is 9.84 Å². The number of ether oxygens (including phenoxy) is 2. The molecule has 180 valence electrons. The Morgan fingerprint density at radius 2 is 2.00 bits per heavy atom. The van der Waals surface area contributed by atoms with E-state index in [1.165, 1.54) is 6.20 Å². The summed E-state index contributed by atoms with van der Waals surface area (Å²) in [5, 5.41) is 18.3. The lowest BCUT2D eigenvalue weighted by Crippen LogP contribution is -2.07. The predicted molar refractivity (Wildman–Crippen MR) is 129 cm³/mol. The van der Waals surface area contributed by atoms with Crippen LogP contribution in [-0.2, 0) is 22.2 Å². The number of halogens is 1. The third-order valence-electron chi connectivity index (χ3n) is 4.80. The number of rotatable bonds is 9. The summed E-state index contributed by atoms with van der Waals surface area (Å²) in [5.74, 6) is 0.865. The lowest BCUT2D eigenvalue weighted by molar-refractivity contribution is 0.301. The molecule has 4 rings (SSSR count). The molecule has 2 aromatic carbocycles. The fraction of sp³-hybridized carbons (Fsp3) is 0.261. The van der Waals surface area contributed by atoms with E-state index in [4.69, 9.17) is 21.1 Å². The minimum atomic E-state index is -3.24. The average Bonchev–Trinajstić information content (AvgIpc) is 3.24. The molecule has 0 aliphatic heterocycles. The second-order valence-electron chi connectivity index (χ2n) is 7.74. The molecule has 0 unspecified atom stereocenters. The smallest absolute Gasteiger partial charge is 0.155 e. The number of sulfone groups is 1. The first-order chi connectivity index (χ1) is 16.8. The predicted octanol–water partition coefficient (Wildman–Crippen LogP) is 3.65. The summed E-state index contributed by atoms with van der Waals surface area (Å²) in [4.78, 5) is 8.22. The van der Waals surface area contributed by atoms with Crippen molar-refractivity contribution >= 4 is 32.5 Å². The Labute approximate surface area is 207 Å². The Morgan fingerprint density at radius 1 is 1.17 bits per heavy atom. The van der Waals surface area contributed by atoms with Gasteiger partial charge in [-0.2, -0.15) is 5.26 Å². The van der Waals surface area contributed by atoms with Crippen molar-refractivity contribution in [2.45, 2.75) is 25.7 Å². The van der Waals surface area contributed by atoms with E-state index in [1.54, 1.807) is 41.1 Å². The number of nitriles is 1. The van der Waals surface area contributed by atoms with Crippen molar-refractivity contribution in [3.05, 3.63) is 64.7 Å². The third-order valence-corrected chi connectivity index (χ3v) is 5.87. The highest BCUT2D eigenvalue weighted by atomic mass is 35.5. The van der Waals surface area contributed by atoms with Crippen LogP contribution < -0.4 is 9.47 Å². The van der Waals surface area contributed by atoms with Crippen molar-refractivity contribution in [1.29, 1.82) is 5.26 Å². The Hall–Kier alpha value is -3.75. The highest BCUT2D eigenvalue weighted by Gasteiger charge is 2.15. The molecule has 0 amide bonds. The van der Waals surface area contributed by atoms with Crippen LogP contribution in [0.15, 0.2) is 42.6 Å². The van der Waals surface area contributed by atoms with Gasteiger partial charge in [-0.05, 0) is 36.8 Å². The van der Waals surface area contributed by atoms with Gasteiger partial charge in [-0.15, -0.1) is 5.10 Å². The molecule has 0 fully saturated rings. The third kappa shape index (κ3) is 5.85. The van der Waals surface area contributed by atoms with Gasteiger partial charge in [-0.25, -0.2) is 23.1 Å². The van der Waals surface area contributed by atoms with E-state index in [9.17, 15) is 13.7 Å². The SMILES string of the molecule is CCCOc1c(Cl)cc(-n2nnc3cc(OCc4ccnc(CS(C)(=O)=O)n4)ccc32)cc1C#N. The number of nitrogens with zero attached hydrogens (tertiary/aromatic N) is 6. The number of hydrogen-bond acceptors (Lipinski definition) is 9. The second-order valence-corrected chi connectivity index (χ2v) is 10.3. The van der Waals surface area contributed by atoms with E-state index >= 15 is 0 Å². The number of fused-ring (bicyclic) bond motifs is 1. The van der Waals surface area contributed by atoms with Gasteiger partial charge in [-0.1, -0.05) is 23.7 Å². The van der Waals surface area contributed by atoms with Crippen LogP contribution in [0.25, 0.3) is 16.7 Å². The van der Waals surface area contributed by atoms with Gasteiger partial charge in [-0.3, -0.25) is 0 Å². The molecule has 0 N–H and O–H groups in total. The van der Waals surface area contributed by atoms with E-state index in [-0.39, 0.29) is 18.2 Å². The van der Waals surface area contributed by atoms with Gasteiger partial charge in [0, 0.05) is 18.5 Å². The van der Waals surface area contributed by atoms with Crippen LogP contribution in [-0.4, -0.2) is 46.2 Å². The molecule has 0 radical (unpaired) electrons. The van der Waals surface area contributed by atoms with E-state index in [1.807, 2.05) is 6.92 Å². The summed E-state index contributed by atoms with van der Waals surface area (Å²) in [7, 11) is -3.24. The van der Waals surface area contributed by atoms with Crippen molar-refractivity contribution in [2.75, 3.05) is 12.9 Å². The molecule has 2 aromatic heterocycles. The Kier molecular flexibility index (Phi) is 7.14. The molecule has 0 bridgehead atoms. The molecule has 2 heterocycles. The van der Waals surface area contributed by atoms with Crippen LogP contribution in [0, 0.1) is 11.3 Å². The summed E-state index contributed by atoms with van der Waals surface area (Å²) >= 11 is 6.39. The van der Waals surface area contributed by atoms with Gasteiger partial charge in [0.05, 0.1) is 34.1 Å². The highest BCUT2D eigenvalue weighted by molar-refractivity contribution is 7.89. The maximum absolute atomic E-state index is 11.5. The van der Waals surface area contributed by atoms with Gasteiger partial charge >= 0.3 is 0 Å². The molecular formula is C23H21ClN6O4S. The van der Waals surface area contributed by atoms with E-state index in [2.05, 4.69) is 26.3 Å². The molecule has 0 spiro atoms. The van der Waals surface area contributed by atoms with Gasteiger partial charge in [0.25, 0.3) is 0 Å². The highest BCUT2D eigenvalue weighted by Crippen LogP contribution is 2.32. The quantitative estimate of drug-likeness (QED) is 0.329. The first kappa shape index (κ1) is 24.4. The molecular weight excluding hydrogens is 492 g/mol. The zero-order chi connectivity index (χ0) is 25.0. The van der Waals surface area contributed by atoms with Crippen molar-refractivity contribution in [1.82, 2.24) is 25.0 Å². The zero-order valence-electron chi connectivity index (χ0n) is 19.0. The topological polar surface area (TPSA) is 133 Å². The lowest BCUT2D eigenvalue weighted by Gasteiger charge is -2.11. The second kappa shape index (κ2) is 10.2. The Bertz CT molecular complexity index is 1530. The fourth-order valence-electron chi connectivity index (χ4n) is 3.30.